The van der Waals surface area contributed by atoms with Gasteiger partial charge in [0.2, 0.25) is 0 Å². The Hall–Kier alpha value is -4.16. The van der Waals surface area contributed by atoms with Gasteiger partial charge in [-0.15, -0.1) is 0 Å². The second kappa shape index (κ2) is 20.3. The number of hydrogen-bond acceptors (Lipinski definition) is 8. The molecule has 4 aromatic carbocycles. The number of nitrogens with one attached hydrogen (secondary N) is 3. The third-order valence-corrected chi connectivity index (χ3v) is 12.4. The molecular weight excluding hydrogens is 789 g/mol. The van der Waals surface area contributed by atoms with E-state index in [4.69, 9.17) is 16.3 Å². The average molecular weight is 840 g/mol. The standard InChI is InChI=1S/C11H10F3NS.C11H11NO.C10H10ClNS.C10H11NS.2CH4/c1-6-7(2)16-10-4-3-8(11(12,13)14)5-9(10)15-6;1-8-7-12-10-5-3-4-6-11(10)13-9(8)2;1-6-7(2)13-10-4-3-8(11)5-9(10)12-6;1-7-8(2)12-10-6-4-3-5-9(10)11-7;;/h3-5,15H,1-2H3;3-7H,1-2H3;3-5,12H,1-2H3;3-6,11H,1-2H3;2*1H4. The van der Waals surface area contributed by atoms with Crippen LogP contribution in [-0.4, -0.2) is 6.21 Å². The molecule has 0 fully saturated rings. The summed E-state index contributed by atoms with van der Waals surface area (Å²) >= 11 is 11.0. The lowest BCUT2D eigenvalue weighted by atomic mass is 10.2. The predicted molar refractivity (Wildman–Crippen MR) is 240 cm³/mol. The van der Waals surface area contributed by atoms with Gasteiger partial charge in [0.05, 0.1) is 22.6 Å². The summed E-state index contributed by atoms with van der Waals surface area (Å²) in [6, 6.07) is 25.8. The zero-order valence-electron chi connectivity index (χ0n) is 31.3. The molecule has 56 heavy (non-hydrogen) atoms. The van der Waals surface area contributed by atoms with Gasteiger partial charge in [-0.25, -0.2) is 0 Å². The first-order valence-electron chi connectivity index (χ1n) is 17.0. The molecule has 3 N–H and O–H groups in total. The van der Waals surface area contributed by atoms with Crippen LogP contribution in [0.2, 0.25) is 5.02 Å². The molecule has 4 aliphatic heterocycles. The van der Waals surface area contributed by atoms with Gasteiger partial charge in [-0.05, 0) is 116 Å². The fraction of sp³-hybridized carbons (Fsp3) is 0.250. The summed E-state index contributed by atoms with van der Waals surface area (Å²) in [4.78, 5) is 11.4. The third kappa shape index (κ3) is 12.2. The molecule has 0 aromatic heterocycles. The molecule has 0 spiro atoms. The van der Waals surface area contributed by atoms with Gasteiger partial charge in [-0.2, -0.15) is 13.2 Å². The highest BCUT2D eigenvalue weighted by molar-refractivity contribution is 8.03. The zero-order chi connectivity index (χ0) is 39.2. The van der Waals surface area contributed by atoms with Crippen LogP contribution in [-0.2, 0) is 6.18 Å². The summed E-state index contributed by atoms with van der Waals surface area (Å²) in [6.45, 7) is 16.2. The van der Waals surface area contributed by atoms with Gasteiger partial charge < -0.3 is 20.7 Å². The largest absolute Gasteiger partial charge is 0.459 e. The van der Waals surface area contributed by atoms with E-state index in [1.54, 1.807) is 11.8 Å². The third-order valence-electron chi connectivity index (χ3n) is 8.56. The summed E-state index contributed by atoms with van der Waals surface area (Å²) in [5.41, 5.74) is 7.58. The number of aliphatic imine (C=N–C) groups is 1. The lowest BCUT2D eigenvalue weighted by Gasteiger charge is -2.21. The highest BCUT2D eigenvalue weighted by atomic mass is 35.5. The van der Waals surface area contributed by atoms with Crippen LogP contribution in [0, 0.1) is 0 Å². The highest BCUT2D eigenvalue weighted by Gasteiger charge is 2.31. The van der Waals surface area contributed by atoms with Gasteiger partial charge in [0, 0.05) is 63.3 Å². The van der Waals surface area contributed by atoms with Gasteiger partial charge in [-0.3, -0.25) is 4.99 Å². The van der Waals surface area contributed by atoms with Crippen LogP contribution in [0.4, 0.5) is 35.9 Å². The van der Waals surface area contributed by atoms with Crippen molar-refractivity contribution in [3.63, 3.8) is 0 Å². The maximum absolute atomic E-state index is 12.5. The number of nitrogens with zero attached hydrogens (tertiary/aromatic N) is 1. The minimum Gasteiger partial charge on any atom is -0.459 e. The Labute approximate surface area is 348 Å². The molecule has 0 bridgehead atoms. The topological polar surface area (TPSA) is 57.7 Å². The minimum atomic E-state index is -4.29. The van der Waals surface area contributed by atoms with E-state index in [0.717, 1.165) is 61.1 Å². The first-order chi connectivity index (χ1) is 25.6. The maximum atomic E-state index is 12.5. The van der Waals surface area contributed by atoms with E-state index < -0.39 is 11.7 Å². The SMILES string of the molecule is C.C.CC1=C(C)Oc2ccccc2N=C1.CC1=C(C)Sc2ccc(C(F)(F)F)cc2N1.CC1=C(C)Sc2ccc(Cl)cc2N1.CC1=C(C)Sc2ccccc2N1. The van der Waals surface area contributed by atoms with Crippen LogP contribution in [0.1, 0.15) is 75.8 Å². The zero-order valence-corrected chi connectivity index (χ0v) is 34.5. The molecule has 4 heterocycles. The fourth-order valence-electron chi connectivity index (χ4n) is 4.99. The monoisotopic (exact) mass is 838 g/mol. The van der Waals surface area contributed by atoms with Crippen molar-refractivity contribution < 1.29 is 17.9 Å². The molecule has 0 amide bonds. The van der Waals surface area contributed by atoms with Crippen LogP contribution in [0.3, 0.4) is 0 Å². The van der Waals surface area contributed by atoms with E-state index in [9.17, 15) is 13.2 Å². The number of rotatable bonds is 0. The van der Waals surface area contributed by atoms with E-state index in [-0.39, 0.29) is 14.9 Å². The molecule has 0 saturated carbocycles. The molecule has 12 heteroatoms. The number of anilines is 3. The summed E-state index contributed by atoms with van der Waals surface area (Å²) in [5, 5.41) is 10.5. The summed E-state index contributed by atoms with van der Waals surface area (Å²) in [7, 11) is 0. The van der Waals surface area contributed by atoms with Crippen molar-refractivity contribution in [1.82, 2.24) is 0 Å². The normalized spacial score (nSPS) is 14.9. The van der Waals surface area contributed by atoms with Crippen molar-refractivity contribution in [2.45, 2.75) is 91.1 Å². The number of benzene rings is 4. The van der Waals surface area contributed by atoms with Crippen molar-refractivity contribution in [3.05, 3.63) is 139 Å². The Morgan fingerprint density at radius 1 is 0.589 bits per heavy atom. The molecule has 5 nitrogen and oxygen atoms in total. The van der Waals surface area contributed by atoms with Gasteiger partial charge in [0.25, 0.3) is 0 Å². The average Bonchev–Trinajstić information content (AvgIpc) is 3.27. The van der Waals surface area contributed by atoms with E-state index >= 15 is 0 Å². The summed E-state index contributed by atoms with van der Waals surface area (Å²) in [5.74, 6) is 1.74. The Balaban J connectivity index is 0.000000199. The van der Waals surface area contributed by atoms with Crippen LogP contribution < -0.4 is 20.7 Å². The van der Waals surface area contributed by atoms with E-state index in [1.807, 2.05) is 88.1 Å². The van der Waals surface area contributed by atoms with Crippen LogP contribution in [0.25, 0.3) is 0 Å². The number of halogens is 4. The Morgan fingerprint density at radius 2 is 1.07 bits per heavy atom. The van der Waals surface area contributed by atoms with Crippen molar-refractivity contribution >= 4 is 75.9 Å². The second-order valence-electron chi connectivity index (χ2n) is 12.6. The number of thioether (sulfide) groups is 3. The Kier molecular flexibility index (Phi) is 16.8. The fourth-order valence-corrected chi connectivity index (χ4v) is 7.85. The van der Waals surface area contributed by atoms with Crippen molar-refractivity contribution in [1.29, 1.82) is 0 Å². The molecular formula is C44H50ClF3N4OS3. The van der Waals surface area contributed by atoms with E-state index in [2.05, 4.69) is 72.9 Å². The Bertz CT molecular complexity index is 2180. The number of allylic oxidation sites excluding steroid dienone is 8. The second-order valence-corrected chi connectivity index (χ2v) is 16.8. The van der Waals surface area contributed by atoms with Crippen molar-refractivity contribution in [2.75, 3.05) is 16.0 Å². The lowest BCUT2D eigenvalue weighted by molar-refractivity contribution is -0.137. The molecule has 0 unspecified atom stereocenters. The number of ether oxygens (including phenoxy) is 1. The number of alkyl halides is 3. The Morgan fingerprint density at radius 3 is 1.66 bits per heavy atom. The van der Waals surface area contributed by atoms with E-state index in [0.29, 0.717) is 5.69 Å². The van der Waals surface area contributed by atoms with Crippen molar-refractivity contribution in [2.24, 2.45) is 4.99 Å². The molecule has 4 aromatic rings. The van der Waals surface area contributed by atoms with Gasteiger partial charge >= 0.3 is 6.18 Å². The van der Waals surface area contributed by atoms with Crippen LogP contribution in [0.15, 0.2) is 148 Å². The van der Waals surface area contributed by atoms with Crippen molar-refractivity contribution in [3.8, 4) is 5.75 Å². The lowest BCUT2D eigenvalue weighted by Crippen LogP contribution is -2.09. The molecule has 0 atom stereocenters. The summed E-state index contributed by atoms with van der Waals surface area (Å²) < 4.78 is 43.1. The van der Waals surface area contributed by atoms with Gasteiger partial charge in [0.15, 0.2) is 5.75 Å². The van der Waals surface area contributed by atoms with Crippen LogP contribution in [0.5, 0.6) is 5.75 Å². The van der Waals surface area contributed by atoms with E-state index in [1.165, 1.54) is 54.5 Å². The first-order valence-corrected chi connectivity index (χ1v) is 19.9. The number of para-hydroxylation sites is 3. The molecule has 298 valence electrons. The smallest absolute Gasteiger partial charge is 0.416 e. The first kappa shape index (κ1) is 46.2. The van der Waals surface area contributed by atoms with Gasteiger partial charge in [0.1, 0.15) is 11.4 Å². The van der Waals surface area contributed by atoms with Gasteiger partial charge in [-0.1, -0.05) is 86.0 Å². The molecule has 4 aliphatic rings. The quantitative estimate of drug-likeness (QED) is 0.163. The van der Waals surface area contributed by atoms with Crippen LogP contribution >= 0.6 is 46.9 Å². The minimum absolute atomic E-state index is 0. The number of fused-ring (bicyclic) bond motifs is 4. The molecule has 8 rings (SSSR count). The predicted octanol–water partition coefficient (Wildman–Crippen LogP) is 16.4. The number of hydrogen-bond donors (Lipinski definition) is 3. The molecule has 0 radical (unpaired) electrons. The molecule has 0 aliphatic carbocycles. The summed E-state index contributed by atoms with van der Waals surface area (Å²) in [6.07, 6.45) is -2.45. The highest BCUT2D eigenvalue weighted by Crippen LogP contribution is 2.43. The molecule has 0 saturated heterocycles. The maximum Gasteiger partial charge on any atom is 0.416 e.